The lowest BCUT2D eigenvalue weighted by Gasteiger charge is -2.28. The van der Waals surface area contributed by atoms with E-state index in [0.717, 1.165) is 27.2 Å². The largest absolute Gasteiger partial charge is 0.508 e. The van der Waals surface area contributed by atoms with Crippen LogP contribution < -0.4 is 42.5 Å². The first-order chi connectivity index (χ1) is 29.7. The van der Waals surface area contributed by atoms with Gasteiger partial charge in [0.2, 0.25) is 41.4 Å². The molecule has 7 amide bonds. The number of carbonyl (C=O) groups is 8. The number of aliphatic hydroxyl groups is 4. The van der Waals surface area contributed by atoms with Crippen LogP contribution in [-0.2, 0) is 51.2 Å². The second-order valence-corrected chi connectivity index (χ2v) is 15.0. The standard InChI is InChI=1S/C40H56N8O15/c1-19(40(62)63)42-38(60)31(20(2)51)48-39(61)32(21(3)52)47-37(59)30(18-50)46-35(57)28(16-23-8-12-25(54)13-9-23)44-36(58)29(17-49)45-34(56)27(15-22-6-10-24(53)11-7-22)43-33(55)26-5-4-14-41-26/h6-13,19-21,26-32,41,49-54H,4-5,14-18H2,1-3H3,(H,42,60)(H,43,55)(H,44,58)(H,45,56)(H,46,57)(H,47,59)(H,48,61)(H,62,63)/t19-,20+,21+,26-,27-,28-,29-,30-,31-,32-/m0/s1. The first-order valence-electron chi connectivity index (χ1n) is 20.0. The Hall–Kier alpha value is -6.40. The van der Waals surface area contributed by atoms with Gasteiger partial charge in [-0.15, -0.1) is 0 Å². The molecule has 1 aliphatic rings. The highest BCUT2D eigenvalue weighted by atomic mass is 16.4. The third-order valence-corrected chi connectivity index (χ3v) is 9.88. The summed E-state index contributed by atoms with van der Waals surface area (Å²) in [5.41, 5.74) is 0.894. The van der Waals surface area contributed by atoms with Crippen LogP contribution in [0.5, 0.6) is 11.5 Å². The molecule has 1 heterocycles. The van der Waals surface area contributed by atoms with Gasteiger partial charge in [-0.05, 0) is 75.5 Å². The molecule has 0 bridgehead atoms. The number of benzene rings is 2. The zero-order chi connectivity index (χ0) is 47.0. The number of hydrogen-bond acceptors (Lipinski definition) is 15. The van der Waals surface area contributed by atoms with Crippen molar-refractivity contribution in [1.82, 2.24) is 42.5 Å². The minimum Gasteiger partial charge on any atom is -0.508 e. The van der Waals surface area contributed by atoms with Crippen molar-refractivity contribution < 1.29 is 74.1 Å². The molecule has 0 spiro atoms. The van der Waals surface area contributed by atoms with E-state index >= 15 is 0 Å². The van der Waals surface area contributed by atoms with E-state index in [2.05, 4.69) is 42.5 Å². The van der Waals surface area contributed by atoms with Gasteiger partial charge in [-0.3, -0.25) is 38.4 Å². The van der Waals surface area contributed by atoms with E-state index in [-0.39, 0.29) is 24.3 Å². The average Bonchev–Trinajstić information content (AvgIpc) is 3.79. The minimum atomic E-state index is -1.87. The fourth-order valence-corrected chi connectivity index (χ4v) is 6.21. The highest BCUT2D eigenvalue weighted by molar-refractivity contribution is 5.98. The predicted octanol–water partition coefficient (Wildman–Crippen LogP) is -5.12. The van der Waals surface area contributed by atoms with Crippen LogP contribution in [0.3, 0.4) is 0 Å². The van der Waals surface area contributed by atoms with Gasteiger partial charge in [0.05, 0.1) is 31.5 Å². The van der Waals surface area contributed by atoms with Gasteiger partial charge in [-0.25, -0.2) is 0 Å². The zero-order valence-corrected chi connectivity index (χ0v) is 34.7. The molecule has 346 valence electrons. The van der Waals surface area contributed by atoms with Crippen LogP contribution in [0, 0.1) is 0 Å². The minimum absolute atomic E-state index is 0.0412. The van der Waals surface area contributed by atoms with Crippen molar-refractivity contribution in [1.29, 1.82) is 0 Å². The third-order valence-electron chi connectivity index (χ3n) is 9.88. The SMILES string of the molecule is C[C@H](NC(=O)[C@@H](NC(=O)[C@@H](NC(=O)[C@H](CO)NC(=O)[C@H](Cc1ccc(O)cc1)NC(=O)[C@H](CO)NC(=O)[C@H](Cc1ccc(O)cc1)NC(=O)[C@@H]1CCCN1)[C@@H](C)O)[C@@H](C)O)C(=O)O. The second-order valence-electron chi connectivity index (χ2n) is 15.0. The van der Waals surface area contributed by atoms with Crippen LogP contribution in [0.2, 0.25) is 0 Å². The van der Waals surface area contributed by atoms with E-state index in [1.807, 2.05) is 0 Å². The van der Waals surface area contributed by atoms with Crippen molar-refractivity contribution in [3.8, 4) is 11.5 Å². The lowest BCUT2D eigenvalue weighted by Crippen LogP contribution is -2.63. The Bertz CT molecular complexity index is 1910. The molecule has 23 nitrogen and oxygen atoms in total. The van der Waals surface area contributed by atoms with E-state index in [1.54, 1.807) is 0 Å². The first kappa shape index (κ1) is 51.0. The summed E-state index contributed by atoms with van der Waals surface area (Å²) >= 11 is 0. The molecular weight excluding hydrogens is 832 g/mol. The number of aromatic hydroxyl groups is 2. The number of hydrogen-bond donors (Lipinski definition) is 15. The monoisotopic (exact) mass is 888 g/mol. The molecule has 3 rings (SSSR count). The van der Waals surface area contributed by atoms with Gasteiger partial charge < -0.3 is 78.3 Å². The van der Waals surface area contributed by atoms with Crippen molar-refractivity contribution in [3.63, 3.8) is 0 Å². The Morgan fingerprint density at radius 3 is 1.35 bits per heavy atom. The van der Waals surface area contributed by atoms with E-state index in [4.69, 9.17) is 5.11 Å². The van der Waals surface area contributed by atoms with Crippen molar-refractivity contribution in [2.24, 2.45) is 0 Å². The fraction of sp³-hybridized carbons (Fsp3) is 0.500. The molecule has 0 aliphatic carbocycles. The molecule has 0 radical (unpaired) electrons. The molecule has 63 heavy (non-hydrogen) atoms. The molecular formula is C40H56N8O15. The lowest BCUT2D eigenvalue weighted by molar-refractivity contribution is -0.142. The Morgan fingerprint density at radius 2 is 0.952 bits per heavy atom. The predicted molar refractivity (Wildman–Crippen MR) is 219 cm³/mol. The maximum Gasteiger partial charge on any atom is 0.325 e. The van der Waals surface area contributed by atoms with Crippen molar-refractivity contribution in [2.75, 3.05) is 19.8 Å². The van der Waals surface area contributed by atoms with E-state index in [9.17, 15) is 69.0 Å². The maximum atomic E-state index is 13.8. The number of carboxylic acid groups (broad SMARTS) is 1. The third kappa shape index (κ3) is 15.8. The van der Waals surface area contributed by atoms with Gasteiger partial charge in [-0.2, -0.15) is 0 Å². The zero-order valence-electron chi connectivity index (χ0n) is 34.7. The van der Waals surface area contributed by atoms with Gasteiger partial charge in [0.15, 0.2) is 0 Å². The molecule has 15 N–H and O–H groups in total. The molecule has 0 unspecified atom stereocenters. The van der Waals surface area contributed by atoms with Crippen molar-refractivity contribution in [2.45, 2.75) is 107 Å². The Morgan fingerprint density at radius 1 is 0.571 bits per heavy atom. The topological polar surface area (TPSA) is 374 Å². The van der Waals surface area contributed by atoms with Gasteiger partial charge in [0, 0.05) is 12.8 Å². The van der Waals surface area contributed by atoms with Crippen molar-refractivity contribution >= 4 is 47.3 Å². The van der Waals surface area contributed by atoms with E-state index in [1.165, 1.54) is 48.5 Å². The number of phenols is 2. The lowest BCUT2D eigenvalue weighted by atomic mass is 10.0. The fourth-order valence-electron chi connectivity index (χ4n) is 6.21. The van der Waals surface area contributed by atoms with E-state index < -0.39 is 121 Å². The molecule has 0 saturated carbocycles. The Labute approximate surface area is 361 Å². The Kier molecular flexibility index (Phi) is 19.6. The molecule has 2 aromatic rings. The maximum absolute atomic E-state index is 13.8. The summed E-state index contributed by atoms with van der Waals surface area (Å²) in [5, 5.41) is 88.6. The normalized spacial score (nSPS) is 17.7. The number of amides is 7. The molecule has 23 heteroatoms. The number of nitrogens with one attached hydrogen (secondary N) is 8. The highest BCUT2D eigenvalue weighted by Crippen LogP contribution is 2.14. The molecule has 10 atom stereocenters. The van der Waals surface area contributed by atoms with Crippen LogP contribution in [-0.4, -0.2) is 163 Å². The van der Waals surface area contributed by atoms with Gasteiger partial charge in [0.25, 0.3) is 0 Å². The number of rotatable bonds is 23. The van der Waals surface area contributed by atoms with Crippen LogP contribution in [0.15, 0.2) is 48.5 Å². The number of aliphatic hydroxyl groups excluding tert-OH is 4. The summed E-state index contributed by atoms with van der Waals surface area (Å²) in [7, 11) is 0. The summed E-state index contributed by atoms with van der Waals surface area (Å²) in [4.78, 5) is 105. The summed E-state index contributed by atoms with van der Waals surface area (Å²) in [6, 6.07) is -0.840. The summed E-state index contributed by atoms with van der Waals surface area (Å²) in [6.45, 7) is 1.82. The molecule has 1 saturated heterocycles. The van der Waals surface area contributed by atoms with Crippen molar-refractivity contribution in [3.05, 3.63) is 59.7 Å². The summed E-state index contributed by atoms with van der Waals surface area (Å²) < 4.78 is 0. The Balaban J connectivity index is 1.80. The summed E-state index contributed by atoms with van der Waals surface area (Å²) in [6.07, 6.45) is -2.42. The van der Waals surface area contributed by atoms with Crippen LogP contribution in [0.1, 0.15) is 44.7 Å². The number of aliphatic carboxylic acids is 1. The van der Waals surface area contributed by atoms with Crippen LogP contribution in [0.4, 0.5) is 0 Å². The molecule has 2 aromatic carbocycles. The van der Waals surface area contributed by atoms with Gasteiger partial charge in [0.1, 0.15) is 53.8 Å². The number of carboxylic acids is 1. The average molecular weight is 889 g/mol. The second kappa shape index (κ2) is 24.3. The number of carbonyl (C=O) groups excluding carboxylic acids is 7. The van der Waals surface area contributed by atoms with Gasteiger partial charge >= 0.3 is 5.97 Å². The molecule has 1 fully saturated rings. The van der Waals surface area contributed by atoms with E-state index in [0.29, 0.717) is 24.1 Å². The quantitative estimate of drug-likeness (QED) is 0.0496. The smallest absolute Gasteiger partial charge is 0.325 e. The summed E-state index contributed by atoms with van der Waals surface area (Å²) in [5.74, 6) is -8.72. The highest BCUT2D eigenvalue weighted by Gasteiger charge is 2.36. The van der Waals surface area contributed by atoms with Crippen LogP contribution >= 0.6 is 0 Å². The van der Waals surface area contributed by atoms with Gasteiger partial charge in [-0.1, -0.05) is 24.3 Å². The molecule has 0 aromatic heterocycles. The molecule has 1 aliphatic heterocycles. The van der Waals surface area contributed by atoms with Crippen LogP contribution in [0.25, 0.3) is 0 Å². The first-order valence-corrected chi connectivity index (χ1v) is 20.0. The number of phenolic OH excluding ortho intramolecular Hbond substituents is 2.